The Kier molecular flexibility index (Phi) is 5.51. The lowest BCUT2D eigenvalue weighted by atomic mass is 10.0. The van der Waals surface area contributed by atoms with Gasteiger partial charge in [0.2, 0.25) is 5.91 Å². The van der Waals surface area contributed by atoms with Gasteiger partial charge in [-0.05, 0) is 31.5 Å². The van der Waals surface area contributed by atoms with E-state index in [1.165, 1.54) is 23.1 Å². The van der Waals surface area contributed by atoms with Crippen LogP contribution >= 0.6 is 23.1 Å². The summed E-state index contributed by atoms with van der Waals surface area (Å²) < 4.78 is 0. The molecule has 146 valence electrons. The number of thiophene rings is 1. The van der Waals surface area contributed by atoms with Gasteiger partial charge in [0, 0.05) is 16.1 Å². The number of nitrogens with one attached hydrogen (secondary N) is 2. The molecule has 0 aliphatic rings. The van der Waals surface area contributed by atoms with Gasteiger partial charge >= 0.3 is 0 Å². The van der Waals surface area contributed by atoms with Crippen LogP contribution in [0, 0.1) is 13.8 Å². The van der Waals surface area contributed by atoms with Crippen LogP contribution in [0.15, 0.2) is 64.5 Å². The largest absolute Gasteiger partial charge is 0.325 e. The number of carbonyl (C=O) groups excluding carboxylic acids is 1. The Bertz CT molecular complexity index is 1230. The second-order valence-corrected chi connectivity index (χ2v) is 8.82. The smallest absolute Gasteiger partial charge is 0.260 e. The Labute approximate surface area is 176 Å². The number of benzene rings is 2. The molecule has 0 aliphatic heterocycles. The number of hydrogen-bond donors (Lipinski definition) is 2. The summed E-state index contributed by atoms with van der Waals surface area (Å²) in [7, 11) is 0. The normalized spacial score (nSPS) is 11.0. The number of aromatic nitrogens is 2. The van der Waals surface area contributed by atoms with E-state index in [9.17, 15) is 9.59 Å². The van der Waals surface area contributed by atoms with Gasteiger partial charge in [-0.1, -0.05) is 59.8 Å². The summed E-state index contributed by atoms with van der Waals surface area (Å²) in [6.07, 6.45) is 0. The highest BCUT2D eigenvalue weighted by atomic mass is 32.2. The van der Waals surface area contributed by atoms with Gasteiger partial charge in [-0.2, -0.15) is 0 Å². The van der Waals surface area contributed by atoms with Crippen LogP contribution in [-0.4, -0.2) is 21.6 Å². The van der Waals surface area contributed by atoms with Crippen LogP contribution in [0.4, 0.5) is 5.69 Å². The molecule has 0 fully saturated rings. The number of aryl methyl sites for hydroxylation is 2. The van der Waals surface area contributed by atoms with Gasteiger partial charge in [0.25, 0.3) is 5.56 Å². The second-order valence-electron chi connectivity index (χ2n) is 6.65. The molecule has 4 aromatic rings. The summed E-state index contributed by atoms with van der Waals surface area (Å²) in [6.45, 7) is 3.99. The summed E-state index contributed by atoms with van der Waals surface area (Å²) in [5.41, 5.74) is 3.63. The lowest BCUT2D eigenvalue weighted by Crippen LogP contribution is -2.15. The van der Waals surface area contributed by atoms with Crippen molar-refractivity contribution in [3.8, 4) is 11.1 Å². The third-order valence-corrected chi connectivity index (χ3v) is 6.33. The van der Waals surface area contributed by atoms with Gasteiger partial charge in [-0.3, -0.25) is 9.59 Å². The van der Waals surface area contributed by atoms with Crippen molar-refractivity contribution >= 4 is 44.9 Å². The van der Waals surface area contributed by atoms with Crippen molar-refractivity contribution in [1.82, 2.24) is 9.97 Å². The molecule has 0 bridgehead atoms. The number of aromatic amines is 1. The monoisotopic (exact) mass is 421 g/mol. The van der Waals surface area contributed by atoms with Crippen LogP contribution in [-0.2, 0) is 4.79 Å². The molecular formula is C22H19N3O2S2. The molecule has 29 heavy (non-hydrogen) atoms. The minimum atomic E-state index is -0.181. The van der Waals surface area contributed by atoms with E-state index in [1.807, 2.05) is 68.4 Å². The zero-order chi connectivity index (χ0) is 20.4. The van der Waals surface area contributed by atoms with E-state index in [4.69, 9.17) is 0 Å². The Morgan fingerprint density at radius 2 is 1.83 bits per heavy atom. The molecule has 0 spiro atoms. The third-order valence-electron chi connectivity index (χ3n) is 4.45. The van der Waals surface area contributed by atoms with Crippen LogP contribution in [0.1, 0.15) is 10.4 Å². The van der Waals surface area contributed by atoms with Crippen molar-refractivity contribution in [2.75, 3.05) is 11.1 Å². The van der Waals surface area contributed by atoms with Crippen molar-refractivity contribution in [1.29, 1.82) is 0 Å². The first-order valence-electron chi connectivity index (χ1n) is 9.09. The van der Waals surface area contributed by atoms with E-state index in [-0.39, 0.29) is 17.2 Å². The fourth-order valence-corrected chi connectivity index (χ4v) is 4.85. The molecular weight excluding hydrogens is 402 g/mol. The van der Waals surface area contributed by atoms with Gasteiger partial charge < -0.3 is 10.3 Å². The van der Waals surface area contributed by atoms with Crippen molar-refractivity contribution in [2.24, 2.45) is 0 Å². The van der Waals surface area contributed by atoms with Crippen molar-refractivity contribution in [2.45, 2.75) is 19.0 Å². The quantitative estimate of drug-likeness (QED) is 0.351. The number of rotatable bonds is 5. The standard InChI is InChI=1S/C22H19N3O2S2/c1-13-8-10-16(11-9-13)23-17(26)12-28-22-24-20(27)19-18(14(2)29-21(19)25-22)15-6-4-3-5-7-15/h3-11H,12H2,1-2H3,(H,23,26)(H,24,25,27). The maximum atomic E-state index is 12.8. The first kappa shape index (κ1) is 19.4. The molecule has 2 heterocycles. The Hall–Kier alpha value is -2.90. The SMILES string of the molecule is Cc1ccc(NC(=O)CSc2nc3sc(C)c(-c4ccccc4)c3c(=O)[nH]2)cc1. The molecule has 2 N–H and O–H groups in total. The fraction of sp³-hybridized carbons (Fsp3) is 0.136. The molecule has 0 saturated carbocycles. The van der Waals surface area contributed by atoms with Crippen LogP contribution < -0.4 is 10.9 Å². The molecule has 0 unspecified atom stereocenters. The molecule has 7 heteroatoms. The number of hydrogen-bond acceptors (Lipinski definition) is 5. The molecule has 0 atom stereocenters. The molecule has 0 saturated heterocycles. The average Bonchev–Trinajstić information content (AvgIpc) is 3.05. The molecule has 2 aromatic heterocycles. The highest BCUT2D eigenvalue weighted by molar-refractivity contribution is 7.99. The van der Waals surface area contributed by atoms with E-state index in [1.54, 1.807) is 0 Å². The van der Waals surface area contributed by atoms with Crippen LogP contribution in [0.5, 0.6) is 0 Å². The minimum Gasteiger partial charge on any atom is -0.325 e. The predicted octanol–water partition coefficient (Wildman–Crippen LogP) is 5.00. The molecule has 5 nitrogen and oxygen atoms in total. The molecule has 0 aliphatic carbocycles. The Morgan fingerprint density at radius 3 is 2.55 bits per heavy atom. The van der Waals surface area contributed by atoms with Crippen molar-refractivity contribution in [3.63, 3.8) is 0 Å². The number of anilines is 1. The number of amides is 1. The summed E-state index contributed by atoms with van der Waals surface area (Å²) in [5, 5.41) is 3.90. The van der Waals surface area contributed by atoms with Crippen LogP contribution in [0.2, 0.25) is 0 Å². The first-order valence-corrected chi connectivity index (χ1v) is 10.9. The fourth-order valence-electron chi connectivity index (χ4n) is 3.09. The first-order chi connectivity index (χ1) is 14.0. The van der Waals surface area contributed by atoms with Gasteiger partial charge in [0.1, 0.15) is 4.83 Å². The van der Waals surface area contributed by atoms with Gasteiger partial charge in [-0.15, -0.1) is 11.3 Å². The molecule has 0 radical (unpaired) electrons. The third kappa shape index (κ3) is 4.26. The average molecular weight is 422 g/mol. The summed E-state index contributed by atoms with van der Waals surface area (Å²) in [4.78, 5) is 34.1. The zero-order valence-electron chi connectivity index (χ0n) is 16.0. The number of thioether (sulfide) groups is 1. The Balaban J connectivity index is 1.54. The molecule has 4 rings (SSSR count). The second kappa shape index (κ2) is 8.23. The van der Waals surface area contributed by atoms with Crippen molar-refractivity contribution < 1.29 is 4.79 Å². The predicted molar refractivity (Wildman–Crippen MR) is 121 cm³/mol. The van der Waals surface area contributed by atoms with E-state index >= 15 is 0 Å². The highest BCUT2D eigenvalue weighted by Crippen LogP contribution is 2.35. The minimum absolute atomic E-state index is 0.145. The van der Waals surface area contributed by atoms with Crippen LogP contribution in [0.3, 0.4) is 0 Å². The number of fused-ring (bicyclic) bond motifs is 1. The topological polar surface area (TPSA) is 74.8 Å². The Morgan fingerprint density at radius 1 is 1.10 bits per heavy atom. The van der Waals surface area contributed by atoms with Gasteiger partial charge in [0.15, 0.2) is 5.16 Å². The van der Waals surface area contributed by atoms with Crippen molar-refractivity contribution in [3.05, 3.63) is 75.4 Å². The summed E-state index contributed by atoms with van der Waals surface area (Å²) >= 11 is 2.71. The number of nitrogens with zero attached hydrogens (tertiary/aromatic N) is 1. The highest BCUT2D eigenvalue weighted by Gasteiger charge is 2.17. The summed E-state index contributed by atoms with van der Waals surface area (Å²) in [6, 6.07) is 17.5. The summed E-state index contributed by atoms with van der Waals surface area (Å²) in [5.74, 6) is 0.0204. The number of H-pyrrole nitrogens is 1. The van der Waals surface area contributed by atoms with E-state index in [0.29, 0.717) is 15.4 Å². The maximum absolute atomic E-state index is 12.8. The lowest BCUT2D eigenvalue weighted by Gasteiger charge is -2.05. The lowest BCUT2D eigenvalue weighted by molar-refractivity contribution is -0.113. The maximum Gasteiger partial charge on any atom is 0.260 e. The van der Waals surface area contributed by atoms with Crippen LogP contribution in [0.25, 0.3) is 21.3 Å². The molecule has 2 aromatic carbocycles. The van der Waals surface area contributed by atoms with E-state index < -0.39 is 0 Å². The molecule has 1 amide bonds. The van der Waals surface area contributed by atoms with E-state index in [2.05, 4.69) is 15.3 Å². The van der Waals surface area contributed by atoms with Gasteiger partial charge in [-0.25, -0.2) is 4.98 Å². The van der Waals surface area contributed by atoms with Gasteiger partial charge in [0.05, 0.1) is 11.1 Å². The number of carbonyl (C=O) groups is 1. The van der Waals surface area contributed by atoms with E-state index in [0.717, 1.165) is 27.3 Å². The zero-order valence-corrected chi connectivity index (χ0v) is 17.6.